The van der Waals surface area contributed by atoms with Crippen LogP contribution < -0.4 is 4.90 Å². The smallest absolute Gasteiger partial charge is 0.433 e. The van der Waals surface area contributed by atoms with Gasteiger partial charge in [0.2, 0.25) is 0 Å². The van der Waals surface area contributed by atoms with Gasteiger partial charge in [-0.05, 0) is 39.8 Å². The van der Waals surface area contributed by atoms with Crippen LogP contribution in [0.3, 0.4) is 0 Å². The van der Waals surface area contributed by atoms with Gasteiger partial charge in [-0.25, -0.2) is 9.78 Å². The predicted octanol–water partition coefficient (Wildman–Crippen LogP) is 3.55. The second-order valence-corrected chi connectivity index (χ2v) is 6.85. The van der Waals surface area contributed by atoms with E-state index in [2.05, 4.69) is 4.98 Å². The van der Waals surface area contributed by atoms with Crippen molar-refractivity contribution >= 4 is 11.9 Å². The maximum Gasteiger partial charge on any atom is 0.433 e. The second-order valence-electron chi connectivity index (χ2n) is 6.85. The summed E-state index contributed by atoms with van der Waals surface area (Å²) in [5, 5.41) is 0. The van der Waals surface area contributed by atoms with Gasteiger partial charge in [-0.15, -0.1) is 0 Å². The number of halogens is 3. The molecule has 5 nitrogen and oxygen atoms in total. The molecular weight excluding hydrogens is 323 g/mol. The number of carbonyl (C=O) groups is 1. The molecule has 1 fully saturated rings. The van der Waals surface area contributed by atoms with E-state index in [1.807, 2.05) is 6.92 Å². The third-order valence-corrected chi connectivity index (χ3v) is 3.60. The zero-order valence-corrected chi connectivity index (χ0v) is 14.2. The Balaban J connectivity index is 2.07. The van der Waals surface area contributed by atoms with E-state index in [9.17, 15) is 18.0 Å². The van der Waals surface area contributed by atoms with Crippen LogP contribution in [0.1, 0.15) is 33.4 Å². The molecule has 0 aromatic carbocycles. The minimum atomic E-state index is -4.47. The van der Waals surface area contributed by atoms with Crippen LogP contribution in [-0.2, 0) is 10.9 Å². The van der Waals surface area contributed by atoms with E-state index in [-0.39, 0.29) is 11.9 Å². The van der Waals surface area contributed by atoms with Gasteiger partial charge in [-0.2, -0.15) is 13.2 Å². The SMILES string of the molecule is C[C@@H]1CN(c2cccc(C(F)(F)F)n2)CCN1C(=O)OC(C)(C)C. The fraction of sp³-hybridized carbons (Fsp3) is 0.625. The zero-order chi connectivity index (χ0) is 18.1. The van der Waals surface area contributed by atoms with E-state index in [0.717, 1.165) is 6.07 Å². The highest BCUT2D eigenvalue weighted by Crippen LogP contribution is 2.29. The molecule has 0 radical (unpaired) electrons. The summed E-state index contributed by atoms with van der Waals surface area (Å²) >= 11 is 0. The normalized spacial score (nSPS) is 19.4. The Morgan fingerprint density at radius 2 is 1.92 bits per heavy atom. The van der Waals surface area contributed by atoms with Gasteiger partial charge in [0.05, 0.1) is 0 Å². The van der Waals surface area contributed by atoms with Crippen molar-refractivity contribution in [1.82, 2.24) is 9.88 Å². The van der Waals surface area contributed by atoms with Gasteiger partial charge in [0, 0.05) is 25.7 Å². The van der Waals surface area contributed by atoms with Gasteiger partial charge in [-0.1, -0.05) is 6.07 Å². The monoisotopic (exact) mass is 345 g/mol. The van der Waals surface area contributed by atoms with Crippen LogP contribution in [0.5, 0.6) is 0 Å². The molecule has 1 atom stereocenters. The summed E-state index contributed by atoms with van der Waals surface area (Å²) in [6.07, 6.45) is -4.88. The van der Waals surface area contributed by atoms with E-state index < -0.39 is 23.6 Å². The van der Waals surface area contributed by atoms with Gasteiger partial charge in [0.15, 0.2) is 0 Å². The van der Waals surface area contributed by atoms with Gasteiger partial charge < -0.3 is 14.5 Å². The van der Waals surface area contributed by atoms with Crippen molar-refractivity contribution in [3.05, 3.63) is 23.9 Å². The molecular formula is C16H22F3N3O2. The minimum Gasteiger partial charge on any atom is -0.444 e. The molecule has 134 valence electrons. The minimum absolute atomic E-state index is 0.190. The molecule has 1 saturated heterocycles. The van der Waals surface area contributed by atoms with E-state index >= 15 is 0 Å². The number of pyridine rings is 1. The summed E-state index contributed by atoms with van der Waals surface area (Å²) in [7, 11) is 0. The first-order chi connectivity index (χ1) is 11.0. The molecule has 0 bridgehead atoms. The summed E-state index contributed by atoms with van der Waals surface area (Å²) in [5.74, 6) is 0.264. The lowest BCUT2D eigenvalue weighted by molar-refractivity contribution is -0.141. The number of hydrogen-bond acceptors (Lipinski definition) is 4. The van der Waals surface area contributed by atoms with Crippen molar-refractivity contribution in [3.8, 4) is 0 Å². The Hall–Kier alpha value is -1.99. The van der Waals surface area contributed by atoms with Gasteiger partial charge in [0.25, 0.3) is 0 Å². The average Bonchev–Trinajstić information content (AvgIpc) is 2.44. The largest absolute Gasteiger partial charge is 0.444 e. The highest BCUT2D eigenvalue weighted by atomic mass is 19.4. The van der Waals surface area contributed by atoms with Crippen molar-refractivity contribution in [2.24, 2.45) is 0 Å². The first kappa shape index (κ1) is 18.4. The summed E-state index contributed by atoms with van der Waals surface area (Å²) in [5.41, 5.74) is -1.50. The van der Waals surface area contributed by atoms with Gasteiger partial charge in [-0.3, -0.25) is 0 Å². The molecule has 1 aliphatic rings. The highest BCUT2D eigenvalue weighted by Gasteiger charge is 2.34. The molecule has 0 saturated carbocycles. The molecule has 0 N–H and O–H groups in total. The number of nitrogens with zero attached hydrogens (tertiary/aromatic N) is 3. The van der Waals surface area contributed by atoms with Crippen LogP contribution in [-0.4, -0.2) is 47.3 Å². The van der Waals surface area contributed by atoms with Gasteiger partial charge >= 0.3 is 12.3 Å². The van der Waals surface area contributed by atoms with Crippen molar-refractivity contribution in [1.29, 1.82) is 0 Å². The number of anilines is 1. The predicted molar refractivity (Wildman–Crippen MR) is 83.9 cm³/mol. The molecule has 0 spiro atoms. The number of alkyl halides is 3. The Kier molecular flexibility index (Phi) is 4.96. The highest BCUT2D eigenvalue weighted by molar-refractivity contribution is 5.69. The van der Waals surface area contributed by atoms with Crippen molar-refractivity contribution < 1.29 is 22.7 Å². The number of rotatable bonds is 1. The van der Waals surface area contributed by atoms with Crippen LogP contribution in [0.15, 0.2) is 18.2 Å². The van der Waals surface area contributed by atoms with E-state index in [0.29, 0.717) is 19.6 Å². The number of aromatic nitrogens is 1. The average molecular weight is 345 g/mol. The molecule has 1 aromatic rings. The van der Waals surface area contributed by atoms with Crippen molar-refractivity contribution in [2.45, 2.75) is 45.5 Å². The number of amides is 1. The number of carbonyl (C=O) groups excluding carboxylic acids is 1. The Labute approximate surface area is 139 Å². The maximum atomic E-state index is 12.8. The second kappa shape index (κ2) is 6.49. The Bertz CT molecular complexity index is 599. The van der Waals surface area contributed by atoms with Crippen LogP contribution in [0.25, 0.3) is 0 Å². The van der Waals surface area contributed by atoms with Crippen molar-refractivity contribution in [2.75, 3.05) is 24.5 Å². The fourth-order valence-corrected chi connectivity index (χ4v) is 2.51. The van der Waals surface area contributed by atoms with Crippen LogP contribution in [0.4, 0.5) is 23.8 Å². The third kappa shape index (κ3) is 4.52. The summed E-state index contributed by atoms with van der Waals surface area (Å²) in [6.45, 7) is 8.37. The number of piperazine rings is 1. The Morgan fingerprint density at radius 1 is 1.25 bits per heavy atom. The molecule has 0 unspecified atom stereocenters. The summed E-state index contributed by atoms with van der Waals surface area (Å²) < 4.78 is 43.7. The van der Waals surface area contributed by atoms with E-state index in [1.54, 1.807) is 36.6 Å². The molecule has 0 aliphatic carbocycles. The molecule has 1 aromatic heterocycles. The maximum absolute atomic E-state index is 12.8. The molecule has 2 rings (SSSR count). The summed E-state index contributed by atoms with van der Waals surface area (Å²) in [6, 6.07) is 3.65. The van der Waals surface area contributed by atoms with Crippen molar-refractivity contribution in [3.63, 3.8) is 0 Å². The number of ether oxygens (including phenoxy) is 1. The molecule has 2 heterocycles. The molecule has 1 aliphatic heterocycles. The lowest BCUT2D eigenvalue weighted by Gasteiger charge is -2.40. The molecule has 8 heteroatoms. The van der Waals surface area contributed by atoms with Gasteiger partial charge in [0.1, 0.15) is 17.1 Å². The standard InChI is InChI=1S/C16H22F3N3O2/c1-11-10-21(8-9-22(11)14(23)24-15(2,3)4)13-7-5-6-12(20-13)16(17,18)19/h5-7,11H,8-10H2,1-4H3/t11-/m1/s1. The summed E-state index contributed by atoms with van der Waals surface area (Å²) in [4.78, 5) is 19.2. The quantitative estimate of drug-likeness (QED) is 0.781. The molecule has 24 heavy (non-hydrogen) atoms. The number of hydrogen-bond donors (Lipinski definition) is 0. The first-order valence-corrected chi connectivity index (χ1v) is 7.76. The Morgan fingerprint density at radius 3 is 2.46 bits per heavy atom. The van der Waals surface area contributed by atoms with E-state index in [1.165, 1.54) is 6.07 Å². The molecule has 1 amide bonds. The third-order valence-electron chi connectivity index (χ3n) is 3.60. The van der Waals surface area contributed by atoms with E-state index in [4.69, 9.17) is 4.74 Å². The first-order valence-electron chi connectivity index (χ1n) is 7.76. The van der Waals surface area contributed by atoms with Crippen LogP contribution in [0, 0.1) is 0 Å². The zero-order valence-electron chi connectivity index (χ0n) is 14.2. The van der Waals surface area contributed by atoms with Crippen LogP contribution >= 0.6 is 0 Å². The fourth-order valence-electron chi connectivity index (χ4n) is 2.51. The topological polar surface area (TPSA) is 45.7 Å². The lowest BCUT2D eigenvalue weighted by atomic mass is 10.2. The lowest BCUT2D eigenvalue weighted by Crippen LogP contribution is -2.55. The van der Waals surface area contributed by atoms with Crippen LogP contribution in [0.2, 0.25) is 0 Å².